The van der Waals surface area contributed by atoms with E-state index in [1.54, 1.807) is 0 Å². The summed E-state index contributed by atoms with van der Waals surface area (Å²) >= 11 is 0. The van der Waals surface area contributed by atoms with Crippen LogP contribution in [0.5, 0.6) is 0 Å². The van der Waals surface area contributed by atoms with Gasteiger partial charge in [0.1, 0.15) is 0 Å². The smallest absolute Gasteiger partial charge is 0.0669 e. The Morgan fingerprint density at radius 1 is 1.16 bits per heavy atom. The predicted molar refractivity (Wildman–Crippen MR) is 77.9 cm³/mol. The molecule has 0 aromatic rings. The zero-order valence-corrected chi connectivity index (χ0v) is 12.5. The van der Waals surface area contributed by atoms with Crippen LogP contribution in [0.1, 0.15) is 25.7 Å². The van der Waals surface area contributed by atoms with E-state index in [2.05, 4.69) is 34.9 Å². The zero-order valence-electron chi connectivity index (χ0n) is 12.5. The van der Waals surface area contributed by atoms with Gasteiger partial charge in [-0.1, -0.05) is 0 Å². The standard InChI is InChI=1S/C15H28N4/c1-17(2)7-3-8-18-9-5-15(6-10-18)19-11-4-14(12-16)13-19/h14-15H,3-11,13H2,1-2H3. The molecule has 2 saturated heterocycles. The summed E-state index contributed by atoms with van der Waals surface area (Å²) in [6, 6.07) is 3.16. The SMILES string of the molecule is CN(C)CCCN1CCC(N2CCC(C#N)C2)CC1. The van der Waals surface area contributed by atoms with Gasteiger partial charge in [0.2, 0.25) is 0 Å². The fraction of sp³-hybridized carbons (Fsp3) is 0.933. The highest BCUT2D eigenvalue weighted by molar-refractivity contribution is 4.93. The Morgan fingerprint density at radius 2 is 1.89 bits per heavy atom. The zero-order chi connectivity index (χ0) is 13.7. The summed E-state index contributed by atoms with van der Waals surface area (Å²) in [4.78, 5) is 7.43. The quantitative estimate of drug-likeness (QED) is 0.748. The molecule has 0 N–H and O–H groups in total. The molecule has 4 heteroatoms. The van der Waals surface area contributed by atoms with Crippen molar-refractivity contribution in [2.45, 2.75) is 31.7 Å². The first-order chi connectivity index (χ1) is 9.19. The van der Waals surface area contributed by atoms with Gasteiger partial charge in [-0.05, 0) is 72.5 Å². The fourth-order valence-corrected chi connectivity index (χ4v) is 3.34. The van der Waals surface area contributed by atoms with Gasteiger partial charge in [-0.25, -0.2) is 0 Å². The van der Waals surface area contributed by atoms with Crippen molar-refractivity contribution in [3.05, 3.63) is 0 Å². The molecule has 2 fully saturated rings. The van der Waals surface area contributed by atoms with E-state index in [1.807, 2.05) is 0 Å². The Labute approximate surface area is 118 Å². The van der Waals surface area contributed by atoms with Gasteiger partial charge >= 0.3 is 0 Å². The average Bonchev–Trinajstić information content (AvgIpc) is 2.88. The maximum absolute atomic E-state index is 8.98. The van der Waals surface area contributed by atoms with Gasteiger partial charge < -0.3 is 9.80 Å². The molecule has 0 aromatic carbocycles. The first-order valence-electron chi connectivity index (χ1n) is 7.70. The van der Waals surface area contributed by atoms with Crippen molar-refractivity contribution >= 4 is 0 Å². The number of likely N-dealkylation sites (tertiary alicyclic amines) is 2. The Kier molecular flexibility index (Phi) is 5.62. The Bertz CT molecular complexity index is 302. The molecular weight excluding hydrogens is 236 g/mol. The summed E-state index contributed by atoms with van der Waals surface area (Å²) in [6.07, 6.45) is 4.94. The minimum absolute atomic E-state index is 0.290. The third-order valence-electron chi connectivity index (χ3n) is 4.56. The first kappa shape index (κ1) is 14.8. The topological polar surface area (TPSA) is 33.5 Å². The fourth-order valence-electron chi connectivity index (χ4n) is 3.34. The van der Waals surface area contributed by atoms with Gasteiger partial charge in [0, 0.05) is 12.6 Å². The highest BCUT2D eigenvalue weighted by atomic mass is 15.2. The molecule has 2 aliphatic heterocycles. The summed E-state index contributed by atoms with van der Waals surface area (Å²) in [6.45, 7) is 7.07. The monoisotopic (exact) mass is 264 g/mol. The summed E-state index contributed by atoms with van der Waals surface area (Å²) < 4.78 is 0. The molecule has 2 heterocycles. The van der Waals surface area contributed by atoms with E-state index in [9.17, 15) is 0 Å². The van der Waals surface area contributed by atoms with Crippen LogP contribution in [0.2, 0.25) is 0 Å². The summed E-state index contributed by atoms with van der Waals surface area (Å²) in [5, 5.41) is 8.98. The van der Waals surface area contributed by atoms with E-state index < -0.39 is 0 Å². The normalized spacial score (nSPS) is 26.9. The van der Waals surface area contributed by atoms with Gasteiger partial charge in [-0.2, -0.15) is 5.26 Å². The van der Waals surface area contributed by atoms with Crippen LogP contribution < -0.4 is 0 Å². The summed E-state index contributed by atoms with van der Waals surface area (Å²) in [5.41, 5.74) is 0. The van der Waals surface area contributed by atoms with Crippen LogP contribution >= 0.6 is 0 Å². The van der Waals surface area contributed by atoms with Crippen LogP contribution in [-0.2, 0) is 0 Å². The average molecular weight is 264 g/mol. The highest BCUT2D eigenvalue weighted by Gasteiger charge is 2.30. The molecule has 0 aliphatic carbocycles. The second kappa shape index (κ2) is 7.23. The van der Waals surface area contributed by atoms with E-state index in [4.69, 9.17) is 5.26 Å². The molecule has 0 amide bonds. The lowest BCUT2D eigenvalue weighted by molar-refractivity contribution is 0.123. The summed E-state index contributed by atoms with van der Waals surface area (Å²) in [5.74, 6) is 0.290. The van der Waals surface area contributed by atoms with Gasteiger partial charge in [0.05, 0.1) is 12.0 Å². The Morgan fingerprint density at radius 3 is 2.47 bits per heavy atom. The number of rotatable bonds is 5. The molecule has 0 saturated carbocycles. The molecule has 2 rings (SSSR count). The molecule has 1 atom stereocenters. The Balaban J connectivity index is 1.64. The maximum Gasteiger partial charge on any atom is 0.0669 e. The summed E-state index contributed by atoms with van der Waals surface area (Å²) in [7, 11) is 4.29. The van der Waals surface area contributed by atoms with Crippen molar-refractivity contribution in [1.29, 1.82) is 5.26 Å². The van der Waals surface area contributed by atoms with Crippen LogP contribution in [0.15, 0.2) is 0 Å². The highest BCUT2D eigenvalue weighted by Crippen LogP contribution is 2.23. The molecule has 0 bridgehead atoms. The second-order valence-corrected chi connectivity index (χ2v) is 6.34. The lowest BCUT2D eigenvalue weighted by Crippen LogP contribution is -2.44. The molecule has 0 spiro atoms. The minimum atomic E-state index is 0.290. The molecule has 0 radical (unpaired) electrons. The van der Waals surface area contributed by atoms with Gasteiger partial charge in [-0.3, -0.25) is 4.90 Å². The largest absolute Gasteiger partial charge is 0.309 e. The molecule has 2 aliphatic rings. The number of hydrogen-bond acceptors (Lipinski definition) is 4. The van der Waals surface area contributed by atoms with Crippen molar-refractivity contribution in [1.82, 2.24) is 14.7 Å². The number of hydrogen-bond donors (Lipinski definition) is 0. The van der Waals surface area contributed by atoms with Crippen LogP contribution in [-0.4, -0.2) is 74.1 Å². The lowest BCUT2D eigenvalue weighted by atomic mass is 10.0. The molecule has 1 unspecified atom stereocenters. The lowest BCUT2D eigenvalue weighted by Gasteiger charge is -2.36. The number of nitriles is 1. The van der Waals surface area contributed by atoms with E-state index >= 15 is 0 Å². The molecule has 19 heavy (non-hydrogen) atoms. The number of nitrogens with zero attached hydrogens (tertiary/aromatic N) is 4. The van der Waals surface area contributed by atoms with E-state index in [-0.39, 0.29) is 5.92 Å². The molecule has 0 aromatic heterocycles. The molecular formula is C15H28N4. The van der Waals surface area contributed by atoms with Crippen LogP contribution in [0.3, 0.4) is 0 Å². The van der Waals surface area contributed by atoms with Crippen molar-refractivity contribution in [3.63, 3.8) is 0 Å². The second-order valence-electron chi connectivity index (χ2n) is 6.34. The first-order valence-corrected chi connectivity index (χ1v) is 7.70. The minimum Gasteiger partial charge on any atom is -0.309 e. The maximum atomic E-state index is 8.98. The van der Waals surface area contributed by atoms with E-state index in [1.165, 1.54) is 45.4 Å². The van der Waals surface area contributed by atoms with Gasteiger partial charge in [0.25, 0.3) is 0 Å². The number of piperidine rings is 1. The van der Waals surface area contributed by atoms with Crippen molar-refractivity contribution in [2.24, 2.45) is 5.92 Å². The van der Waals surface area contributed by atoms with Gasteiger partial charge in [0.15, 0.2) is 0 Å². The van der Waals surface area contributed by atoms with Crippen molar-refractivity contribution in [2.75, 3.05) is 53.4 Å². The van der Waals surface area contributed by atoms with Gasteiger partial charge in [-0.15, -0.1) is 0 Å². The third kappa shape index (κ3) is 4.45. The van der Waals surface area contributed by atoms with Crippen LogP contribution in [0, 0.1) is 17.2 Å². The van der Waals surface area contributed by atoms with Crippen LogP contribution in [0.25, 0.3) is 0 Å². The van der Waals surface area contributed by atoms with E-state index in [0.717, 1.165) is 25.6 Å². The predicted octanol–water partition coefficient (Wildman–Crippen LogP) is 1.25. The van der Waals surface area contributed by atoms with E-state index in [0.29, 0.717) is 0 Å². The third-order valence-corrected chi connectivity index (χ3v) is 4.56. The van der Waals surface area contributed by atoms with Crippen LogP contribution in [0.4, 0.5) is 0 Å². The molecule has 108 valence electrons. The Hall–Kier alpha value is -0.630. The van der Waals surface area contributed by atoms with Crippen molar-refractivity contribution in [3.8, 4) is 6.07 Å². The molecule has 4 nitrogen and oxygen atoms in total. The van der Waals surface area contributed by atoms with Crippen molar-refractivity contribution < 1.29 is 0 Å².